The standard InChI is InChI=1S/C16H17N3O3/c1-10(2)22-13-6-4-12(5-7-13)19-9-11(8-17)14(18)15(19)16(20)21-3/h4-7,9-10H,18H2,1-3H3. The van der Waals surface area contributed by atoms with Crippen LogP contribution in [0.3, 0.4) is 0 Å². The molecule has 6 heteroatoms. The van der Waals surface area contributed by atoms with Crippen LogP contribution in [0.25, 0.3) is 5.69 Å². The van der Waals surface area contributed by atoms with Gasteiger partial charge in [-0.25, -0.2) is 4.79 Å². The molecule has 2 rings (SSSR count). The molecule has 0 saturated heterocycles. The van der Waals surface area contributed by atoms with Gasteiger partial charge in [0, 0.05) is 11.9 Å². The minimum atomic E-state index is -0.596. The normalized spacial score (nSPS) is 10.3. The van der Waals surface area contributed by atoms with E-state index in [0.717, 1.165) is 5.75 Å². The average molecular weight is 299 g/mol. The van der Waals surface area contributed by atoms with E-state index in [9.17, 15) is 4.79 Å². The highest BCUT2D eigenvalue weighted by atomic mass is 16.5. The number of ether oxygens (including phenoxy) is 2. The fourth-order valence-electron chi connectivity index (χ4n) is 2.08. The number of methoxy groups -OCH3 is 1. The molecule has 0 aliphatic heterocycles. The van der Waals surface area contributed by atoms with E-state index in [2.05, 4.69) is 0 Å². The van der Waals surface area contributed by atoms with Crippen molar-refractivity contribution in [1.82, 2.24) is 4.57 Å². The van der Waals surface area contributed by atoms with Crippen molar-refractivity contribution in [2.24, 2.45) is 0 Å². The molecule has 1 aromatic heterocycles. The highest BCUT2D eigenvalue weighted by molar-refractivity contribution is 5.95. The van der Waals surface area contributed by atoms with E-state index in [4.69, 9.17) is 20.5 Å². The number of nitriles is 1. The number of hydrogen-bond donors (Lipinski definition) is 1. The number of esters is 1. The van der Waals surface area contributed by atoms with Crippen LogP contribution in [0.5, 0.6) is 5.75 Å². The van der Waals surface area contributed by atoms with E-state index in [1.165, 1.54) is 13.3 Å². The number of nitrogens with zero attached hydrogens (tertiary/aromatic N) is 2. The van der Waals surface area contributed by atoms with E-state index >= 15 is 0 Å². The summed E-state index contributed by atoms with van der Waals surface area (Å²) in [5.41, 5.74) is 7.01. The van der Waals surface area contributed by atoms with E-state index in [1.54, 1.807) is 28.8 Å². The second-order valence-electron chi connectivity index (χ2n) is 4.94. The molecule has 2 N–H and O–H groups in total. The summed E-state index contributed by atoms with van der Waals surface area (Å²) in [6, 6.07) is 9.11. The largest absolute Gasteiger partial charge is 0.491 e. The fourth-order valence-corrected chi connectivity index (χ4v) is 2.08. The second kappa shape index (κ2) is 6.22. The number of rotatable bonds is 4. The van der Waals surface area contributed by atoms with Crippen LogP contribution in [0.2, 0.25) is 0 Å². The first-order valence-electron chi connectivity index (χ1n) is 6.74. The van der Waals surface area contributed by atoms with Gasteiger partial charge in [0.2, 0.25) is 0 Å². The first-order chi connectivity index (χ1) is 10.5. The molecule has 114 valence electrons. The summed E-state index contributed by atoms with van der Waals surface area (Å²) >= 11 is 0. The lowest BCUT2D eigenvalue weighted by Gasteiger charge is -2.12. The Bertz CT molecular complexity index is 724. The minimum Gasteiger partial charge on any atom is -0.491 e. The average Bonchev–Trinajstić information content (AvgIpc) is 2.83. The van der Waals surface area contributed by atoms with Gasteiger partial charge in [0.25, 0.3) is 0 Å². The van der Waals surface area contributed by atoms with Crippen LogP contribution in [0, 0.1) is 11.3 Å². The SMILES string of the molecule is COC(=O)c1c(N)c(C#N)cn1-c1ccc(OC(C)C)cc1. The molecule has 0 spiro atoms. The lowest BCUT2D eigenvalue weighted by molar-refractivity contribution is 0.0593. The van der Waals surface area contributed by atoms with Crippen LogP contribution in [0.1, 0.15) is 29.9 Å². The van der Waals surface area contributed by atoms with Crippen LogP contribution >= 0.6 is 0 Å². The van der Waals surface area contributed by atoms with E-state index in [-0.39, 0.29) is 23.0 Å². The van der Waals surface area contributed by atoms with Crippen LogP contribution in [0.15, 0.2) is 30.5 Å². The van der Waals surface area contributed by atoms with Crippen LogP contribution in [-0.4, -0.2) is 23.8 Å². The van der Waals surface area contributed by atoms with Crippen LogP contribution in [0.4, 0.5) is 5.69 Å². The third-order valence-electron chi connectivity index (χ3n) is 3.03. The van der Waals surface area contributed by atoms with Crippen molar-refractivity contribution in [2.45, 2.75) is 20.0 Å². The summed E-state index contributed by atoms with van der Waals surface area (Å²) < 4.78 is 11.9. The highest BCUT2D eigenvalue weighted by Gasteiger charge is 2.21. The molecule has 0 aliphatic rings. The van der Waals surface area contributed by atoms with Gasteiger partial charge < -0.3 is 19.8 Å². The van der Waals surface area contributed by atoms with Crippen LogP contribution in [-0.2, 0) is 4.74 Å². The number of hydrogen-bond acceptors (Lipinski definition) is 5. The quantitative estimate of drug-likeness (QED) is 0.876. The van der Waals surface area contributed by atoms with Gasteiger partial charge in [0.15, 0.2) is 5.69 Å². The topological polar surface area (TPSA) is 90.3 Å². The van der Waals surface area contributed by atoms with E-state index in [0.29, 0.717) is 5.69 Å². The van der Waals surface area contributed by atoms with Crippen LogP contribution < -0.4 is 10.5 Å². The molecule has 1 aromatic carbocycles. The lowest BCUT2D eigenvalue weighted by Crippen LogP contribution is -2.11. The van der Waals surface area contributed by atoms with Gasteiger partial charge in [-0.05, 0) is 38.1 Å². The van der Waals surface area contributed by atoms with Crippen molar-refractivity contribution in [3.63, 3.8) is 0 Å². The number of nitrogen functional groups attached to an aromatic ring is 1. The Hall–Kier alpha value is -2.94. The number of carbonyl (C=O) groups is 1. The van der Waals surface area contributed by atoms with Crippen molar-refractivity contribution >= 4 is 11.7 Å². The molecule has 0 radical (unpaired) electrons. The number of aromatic nitrogens is 1. The zero-order chi connectivity index (χ0) is 16.3. The summed E-state index contributed by atoms with van der Waals surface area (Å²) in [6.45, 7) is 3.88. The molecule has 22 heavy (non-hydrogen) atoms. The zero-order valence-corrected chi connectivity index (χ0v) is 12.7. The maximum Gasteiger partial charge on any atom is 0.357 e. The molecule has 0 amide bonds. The minimum absolute atomic E-state index is 0.0731. The number of carbonyl (C=O) groups excluding carboxylic acids is 1. The van der Waals surface area contributed by atoms with E-state index < -0.39 is 5.97 Å². The smallest absolute Gasteiger partial charge is 0.357 e. The van der Waals surface area contributed by atoms with Crippen molar-refractivity contribution in [1.29, 1.82) is 5.26 Å². The summed E-state index contributed by atoms with van der Waals surface area (Å²) in [6.07, 6.45) is 1.59. The molecular weight excluding hydrogens is 282 g/mol. The molecule has 6 nitrogen and oxygen atoms in total. The summed E-state index contributed by atoms with van der Waals surface area (Å²) in [4.78, 5) is 11.9. The maximum absolute atomic E-state index is 11.9. The third kappa shape index (κ3) is 2.88. The molecule has 0 aliphatic carbocycles. The molecule has 0 saturated carbocycles. The van der Waals surface area contributed by atoms with Gasteiger partial charge in [0.05, 0.1) is 24.5 Å². The fraction of sp³-hybridized carbons (Fsp3) is 0.250. The monoisotopic (exact) mass is 299 g/mol. The lowest BCUT2D eigenvalue weighted by atomic mass is 10.2. The predicted octanol–water partition coefficient (Wildman–Crippen LogP) is 2.50. The van der Waals surface area contributed by atoms with Gasteiger partial charge in [-0.2, -0.15) is 5.26 Å². The molecule has 1 heterocycles. The van der Waals surface area contributed by atoms with Crippen molar-refractivity contribution in [3.05, 3.63) is 41.7 Å². The number of anilines is 1. The third-order valence-corrected chi connectivity index (χ3v) is 3.03. The molecule has 0 fully saturated rings. The zero-order valence-electron chi connectivity index (χ0n) is 12.7. The van der Waals surface area contributed by atoms with Gasteiger partial charge >= 0.3 is 5.97 Å². The Morgan fingerprint density at radius 3 is 2.45 bits per heavy atom. The summed E-state index contributed by atoms with van der Waals surface area (Å²) in [5.74, 6) is 0.125. The van der Waals surface area contributed by atoms with Gasteiger partial charge in [-0.15, -0.1) is 0 Å². The number of benzene rings is 1. The highest BCUT2D eigenvalue weighted by Crippen LogP contribution is 2.26. The number of nitrogens with two attached hydrogens (primary N) is 1. The van der Waals surface area contributed by atoms with Gasteiger partial charge in [-0.3, -0.25) is 0 Å². The molecule has 0 atom stereocenters. The summed E-state index contributed by atoms with van der Waals surface area (Å²) in [5, 5.41) is 9.09. The maximum atomic E-state index is 11.9. The Morgan fingerprint density at radius 2 is 1.95 bits per heavy atom. The molecular formula is C16H17N3O3. The van der Waals surface area contributed by atoms with Gasteiger partial charge in [-0.1, -0.05) is 0 Å². The Balaban J connectivity index is 2.48. The molecule has 0 unspecified atom stereocenters. The second-order valence-corrected chi connectivity index (χ2v) is 4.94. The van der Waals surface area contributed by atoms with E-state index in [1.807, 2.05) is 19.9 Å². The first kappa shape index (κ1) is 15.4. The van der Waals surface area contributed by atoms with Gasteiger partial charge in [0.1, 0.15) is 11.8 Å². The summed E-state index contributed by atoms with van der Waals surface area (Å²) in [7, 11) is 1.27. The predicted molar refractivity (Wildman–Crippen MR) is 82.0 cm³/mol. The van der Waals surface area contributed by atoms with Crippen molar-refractivity contribution < 1.29 is 14.3 Å². The Labute approximate surface area is 128 Å². The Morgan fingerprint density at radius 1 is 1.32 bits per heavy atom. The molecule has 0 bridgehead atoms. The molecule has 2 aromatic rings. The van der Waals surface area contributed by atoms with Crippen molar-refractivity contribution in [3.8, 4) is 17.5 Å². The first-order valence-corrected chi connectivity index (χ1v) is 6.74. The van der Waals surface area contributed by atoms with Crippen molar-refractivity contribution in [2.75, 3.05) is 12.8 Å². The Kier molecular flexibility index (Phi) is 4.37.